The van der Waals surface area contributed by atoms with E-state index >= 15 is 0 Å². The smallest absolute Gasteiger partial charge is 0.220 e. The van der Waals surface area contributed by atoms with E-state index in [1.807, 2.05) is 11.6 Å². The van der Waals surface area contributed by atoms with Gasteiger partial charge in [0.05, 0.1) is 0 Å². The molecule has 4 rings (SSSR count). The van der Waals surface area contributed by atoms with Crippen LogP contribution in [0, 0.1) is 17.8 Å². The van der Waals surface area contributed by atoms with E-state index in [0.717, 1.165) is 24.2 Å². The average Bonchev–Trinajstić information content (AvgIpc) is 3.29. The minimum absolute atomic E-state index is 0.170. The molecular weight excluding hydrogens is 326 g/mol. The third-order valence-corrected chi connectivity index (χ3v) is 6.64. The Morgan fingerprint density at radius 3 is 2.69 bits per heavy atom. The molecule has 0 unspecified atom stereocenters. The normalized spacial score (nSPS) is 27.7. The van der Waals surface area contributed by atoms with Gasteiger partial charge in [0.1, 0.15) is 12.2 Å². The van der Waals surface area contributed by atoms with Gasteiger partial charge in [-0.05, 0) is 43.4 Å². The van der Waals surface area contributed by atoms with Gasteiger partial charge in [-0.2, -0.15) is 0 Å². The standard InChI is InChI=1S/C20H33N5O/c1-24-14-21-23-19(24)9-10-20(26)22-18-13-25(12-17(18)16-7-8-16)11-15-5-3-2-4-6-15/h14-18H,2-13H2,1H3,(H,22,26)/t17-,18+/m0/s1. The average molecular weight is 360 g/mol. The van der Waals surface area contributed by atoms with E-state index in [2.05, 4.69) is 20.4 Å². The van der Waals surface area contributed by atoms with E-state index in [9.17, 15) is 4.79 Å². The molecule has 1 aromatic heterocycles. The maximum absolute atomic E-state index is 12.5. The summed E-state index contributed by atoms with van der Waals surface area (Å²) in [5.74, 6) is 3.44. The molecule has 6 heteroatoms. The van der Waals surface area contributed by atoms with Gasteiger partial charge in [-0.3, -0.25) is 4.79 Å². The fraction of sp³-hybridized carbons (Fsp3) is 0.850. The predicted molar refractivity (Wildman–Crippen MR) is 100 cm³/mol. The van der Waals surface area contributed by atoms with Crippen LogP contribution in [-0.4, -0.2) is 51.2 Å². The molecule has 26 heavy (non-hydrogen) atoms. The number of aryl methyl sites for hydroxylation is 2. The van der Waals surface area contributed by atoms with E-state index in [0.29, 0.717) is 24.8 Å². The zero-order valence-corrected chi connectivity index (χ0v) is 16.1. The maximum Gasteiger partial charge on any atom is 0.220 e. The maximum atomic E-state index is 12.5. The molecule has 2 atom stereocenters. The van der Waals surface area contributed by atoms with Crippen molar-refractivity contribution in [1.82, 2.24) is 25.0 Å². The summed E-state index contributed by atoms with van der Waals surface area (Å²) in [5.41, 5.74) is 0. The molecule has 3 aliphatic rings. The van der Waals surface area contributed by atoms with Crippen LogP contribution in [0.5, 0.6) is 0 Å². The molecule has 1 amide bonds. The second-order valence-electron chi connectivity index (χ2n) is 8.76. The summed E-state index contributed by atoms with van der Waals surface area (Å²) >= 11 is 0. The first kappa shape index (κ1) is 18.0. The topological polar surface area (TPSA) is 63.1 Å². The summed E-state index contributed by atoms with van der Waals surface area (Å²) in [6.45, 7) is 3.48. The Hall–Kier alpha value is -1.43. The van der Waals surface area contributed by atoms with Gasteiger partial charge < -0.3 is 14.8 Å². The first-order valence-corrected chi connectivity index (χ1v) is 10.5. The highest BCUT2D eigenvalue weighted by atomic mass is 16.1. The van der Waals surface area contributed by atoms with Gasteiger partial charge >= 0.3 is 0 Å². The number of carbonyl (C=O) groups is 1. The molecule has 2 aliphatic carbocycles. The third-order valence-electron chi connectivity index (χ3n) is 6.64. The van der Waals surface area contributed by atoms with Crippen LogP contribution in [0.4, 0.5) is 0 Å². The number of likely N-dealkylation sites (tertiary alicyclic amines) is 1. The zero-order valence-electron chi connectivity index (χ0n) is 16.1. The molecule has 2 saturated carbocycles. The van der Waals surface area contributed by atoms with Crippen LogP contribution in [0.25, 0.3) is 0 Å². The van der Waals surface area contributed by atoms with Crippen LogP contribution in [0.3, 0.4) is 0 Å². The summed E-state index contributed by atoms with van der Waals surface area (Å²) in [4.78, 5) is 15.1. The second-order valence-corrected chi connectivity index (χ2v) is 8.76. The summed E-state index contributed by atoms with van der Waals surface area (Å²) in [7, 11) is 1.93. The molecule has 1 aromatic rings. The Bertz CT molecular complexity index is 605. The molecule has 6 nitrogen and oxygen atoms in total. The van der Waals surface area contributed by atoms with Gasteiger partial charge in [-0.1, -0.05) is 19.3 Å². The van der Waals surface area contributed by atoms with Crippen molar-refractivity contribution in [3.05, 3.63) is 12.2 Å². The number of rotatable bonds is 7. The molecule has 0 spiro atoms. The highest BCUT2D eigenvalue weighted by Crippen LogP contribution is 2.42. The Kier molecular flexibility index (Phi) is 5.57. The van der Waals surface area contributed by atoms with Gasteiger partial charge in [0.25, 0.3) is 0 Å². The van der Waals surface area contributed by atoms with Crippen LogP contribution in [0.1, 0.15) is 57.2 Å². The van der Waals surface area contributed by atoms with Crippen molar-refractivity contribution in [2.45, 2.75) is 63.8 Å². The summed E-state index contributed by atoms with van der Waals surface area (Å²) in [5, 5.41) is 11.3. The van der Waals surface area contributed by atoms with Crippen LogP contribution in [-0.2, 0) is 18.3 Å². The SMILES string of the molecule is Cn1cnnc1CCC(=O)N[C@@H]1CN(CC2CCCCC2)C[C@H]1C1CC1. The fourth-order valence-corrected chi connectivity index (χ4v) is 4.99. The van der Waals surface area contributed by atoms with Crippen LogP contribution in [0.15, 0.2) is 6.33 Å². The lowest BCUT2D eigenvalue weighted by atomic mass is 9.89. The first-order valence-electron chi connectivity index (χ1n) is 10.5. The molecule has 1 aliphatic heterocycles. The number of carbonyl (C=O) groups excluding carboxylic acids is 1. The number of nitrogens with one attached hydrogen (secondary N) is 1. The summed E-state index contributed by atoms with van der Waals surface area (Å²) < 4.78 is 1.89. The van der Waals surface area contributed by atoms with Gasteiger partial charge in [-0.15, -0.1) is 10.2 Å². The second kappa shape index (κ2) is 8.07. The lowest BCUT2D eigenvalue weighted by Gasteiger charge is -2.26. The number of hydrogen-bond acceptors (Lipinski definition) is 4. The molecular formula is C20H33N5O. The van der Waals surface area contributed by atoms with Crippen molar-refractivity contribution < 1.29 is 4.79 Å². The number of amides is 1. The van der Waals surface area contributed by atoms with Crippen molar-refractivity contribution in [2.75, 3.05) is 19.6 Å². The Morgan fingerprint density at radius 1 is 1.19 bits per heavy atom. The van der Waals surface area contributed by atoms with Crippen LogP contribution in [0.2, 0.25) is 0 Å². The van der Waals surface area contributed by atoms with E-state index < -0.39 is 0 Å². The van der Waals surface area contributed by atoms with E-state index in [4.69, 9.17) is 0 Å². The lowest BCUT2D eigenvalue weighted by Crippen LogP contribution is -2.41. The van der Waals surface area contributed by atoms with Crippen molar-refractivity contribution in [3.8, 4) is 0 Å². The van der Waals surface area contributed by atoms with Gasteiger partial charge in [0.2, 0.25) is 5.91 Å². The fourth-order valence-electron chi connectivity index (χ4n) is 4.99. The molecule has 2 heterocycles. The van der Waals surface area contributed by atoms with Gasteiger partial charge in [-0.25, -0.2) is 0 Å². The molecule has 0 aromatic carbocycles. The molecule has 0 radical (unpaired) electrons. The largest absolute Gasteiger partial charge is 0.352 e. The molecule has 0 bridgehead atoms. The Labute approximate surface area is 156 Å². The number of aromatic nitrogens is 3. The zero-order chi connectivity index (χ0) is 17.9. The Morgan fingerprint density at radius 2 is 2.00 bits per heavy atom. The molecule has 1 N–H and O–H groups in total. The van der Waals surface area contributed by atoms with E-state index in [1.54, 1.807) is 6.33 Å². The highest BCUT2D eigenvalue weighted by molar-refractivity contribution is 5.76. The number of hydrogen-bond donors (Lipinski definition) is 1. The minimum Gasteiger partial charge on any atom is -0.352 e. The molecule has 144 valence electrons. The highest BCUT2D eigenvalue weighted by Gasteiger charge is 2.43. The van der Waals surface area contributed by atoms with Gasteiger partial charge in [0.15, 0.2) is 0 Å². The first-order chi connectivity index (χ1) is 12.7. The van der Waals surface area contributed by atoms with Crippen LogP contribution >= 0.6 is 0 Å². The van der Waals surface area contributed by atoms with E-state index in [1.165, 1.54) is 58.0 Å². The van der Waals surface area contributed by atoms with Crippen LogP contribution < -0.4 is 5.32 Å². The quantitative estimate of drug-likeness (QED) is 0.810. The predicted octanol–water partition coefficient (Wildman–Crippen LogP) is 2.15. The van der Waals surface area contributed by atoms with Gasteiger partial charge in [0, 0.05) is 45.6 Å². The summed E-state index contributed by atoms with van der Waals surface area (Å²) in [6, 6.07) is 0.345. The van der Waals surface area contributed by atoms with Crippen molar-refractivity contribution in [3.63, 3.8) is 0 Å². The minimum atomic E-state index is 0.170. The number of nitrogens with zero attached hydrogens (tertiary/aromatic N) is 4. The Balaban J connectivity index is 1.28. The molecule has 1 saturated heterocycles. The van der Waals surface area contributed by atoms with Crippen molar-refractivity contribution >= 4 is 5.91 Å². The third kappa shape index (κ3) is 4.45. The van der Waals surface area contributed by atoms with Crippen molar-refractivity contribution in [2.24, 2.45) is 24.8 Å². The van der Waals surface area contributed by atoms with Crippen molar-refractivity contribution in [1.29, 1.82) is 0 Å². The van der Waals surface area contributed by atoms with E-state index in [-0.39, 0.29) is 5.91 Å². The lowest BCUT2D eigenvalue weighted by molar-refractivity contribution is -0.122. The molecule has 3 fully saturated rings. The summed E-state index contributed by atoms with van der Waals surface area (Å²) in [6.07, 6.45) is 12.6. The monoisotopic (exact) mass is 359 g/mol.